The van der Waals surface area contributed by atoms with Gasteiger partial charge in [-0.05, 0) is 30.3 Å². The number of aromatic nitrogens is 6. The maximum Gasteiger partial charge on any atom is 0.225 e. The van der Waals surface area contributed by atoms with E-state index in [1.165, 1.54) is 0 Å². The Morgan fingerprint density at radius 3 is 2.71 bits per heavy atom. The van der Waals surface area contributed by atoms with E-state index in [0.29, 0.717) is 5.95 Å². The zero-order chi connectivity index (χ0) is 19.3. The van der Waals surface area contributed by atoms with Crippen molar-refractivity contribution in [2.75, 3.05) is 25.6 Å². The van der Waals surface area contributed by atoms with Crippen LogP contribution < -0.4 is 9.64 Å². The third-order valence-electron chi connectivity index (χ3n) is 4.45. The maximum atomic E-state index is 5.20. The monoisotopic (exact) mass is 375 g/mol. The van der Waals surface area contributed by atoms with E-state index in [0.717, 1.165) is 35.8 Å². The van der Waals surface area contributed by atoms with Crippen molar-refractivity contribution in [2.24, 2.45) is 0 Å². The lowest BCUT2D eigenvalue weighted by atomic mass is 10.2. The van der Waals surface area contributed by atoms with Gasteiger partial charge in [0.2, 0.25) is 5.95 Å². The fourth-order valence-corrected chi connectivity index (χ4v) is 2.81. The molecule has 0 aliphatic carbocycles. The molecule has 0 aliphatic heterocycles. The molecule has 0 aliphatic rings. The molecule has 0 N–H and O–H groups in total. The van der Waals surface area contributed by atoms with E-state index in [1.807, 2.05) is 70.1 Å². The van der Waals surface area contributed by atoms with Crippen LogP contribution in [0, 0.1) is 0 Å². The Morgan fingerprint density at radius 2 is 1.96 bits per heavy atom. The van der Waals surface area contributed by atoms with E-state index < -0.39 is 0 Å². The summed E-state index contributed by atoms with van der Waals surface area (Å²) in [5, 5.41) is 4.45. The molecule has 0 radical (unpaired) electrons. The van der Waals surface area contributed by atoms with Crippen LogP contribution in [0.2, 0.25) is 0 Å². The van der Waals surface area contributed by atoms with Crippen LogP contribution in [0.15, 0.2) is 67.6 Å². The molecule has 0 fully saturated rings. The highest BCUT2D eigenvalue weighted by molar-refractivity contribution is 5.59. The molecule has 4 aromatic rings. The van der Waals surface area contributed by atoms with Crippen molar-refractivity contribution in [1.82, 2.24) is 29.3 Å². The minimum atomic E-state index is 0.676. The van der Waals surface area contributed by atoms with Crippen molar-refractivity contribution in [3.05, 3.63) is 67.6 Å². The molecule has 8 heteroatoms. The molecule has 8 nitrogen and oxygen atoms in total. The predicted molar refractivity (Wildman–Crippen MR) is 107 cm³/mol. The summed E-state index contributed by atoms with van der Waals surface area (Å²) in [5.74, 6) is 1.49. The first-order valence-electron chi connectivity index (χ1n) is 8.92. The maximum absolute atomic E-state index is 5.20. The molecule has 0 saturated carbocycles. The average Bonchev–Trinajstić information content (AvgIpc) is 3.44. The summed E-state index contributed by atoms with van der Waals surface area (Å²) in [6, 6.07) is 9.64. The highest BCUT2D eigenvalue weighted by atomic mass is 16.5. The summed E-state index contributed by atoms with van der Waals surface area (Å²) in [6.07, 6.45) is 11.1. The van der Waals surface area contributed by atoms with Gasteiger partial charge in [-0.3, -0.25) is 0 Å². The fraction of sp³-hybridized carbons (Fsp3) is 0.200. The van der Waals surface area contributed by atoms with Gasteiger partial charge in [-0.2, -0.15) is 5.10 Å². The van der Waals surface area contributed by atoms with Crippen LogP contribution >= 0.6 is 0 Å². The SMILES string of the molecule is COc1ccc(-n2cc(-c3ccnc(N(C)CCn4ccnc4)n3)cn2)cc1. The van der Waals surface area contributed by atoms with Crippen LogP contribution in [0.25, 0.3) is 16.9 Å². The summed E-state index contributed by atoms with van der Waals surface area (Å²) >= 11 is 0. The largest absolute Gasteiger partial charge is 0.497 e. The summed E-state index contributed by atoms with van der Waals surface area (Å²) in [4.78, 5) is 15.2. The smallest absolute Gasteiger partial charge is 0.225 e. The quantitative estimate of drug-likeness (QED) is 0.494. The van der Waals surface area contributed by atoms with Crippen LogP contribution in [0.1, 0.15) is 0 Å². The van der Waals surface area contributed by atoms with Crippen molar-refractivity contribution in [3.8, 4) is 22.7 Å². The molecule has 0 atom stereocenters. The number of hydrogen-bond donors (Lipinski definition) is 0. The number of methoxy groups -OCH3 is 1. The molecule has 3 aromatic heterocycles. The molecule has 0 amide bonds. The van der Waals surface area contributed by atoms with E-state index in [9.17, 15) is 0 Å². The molecule has 0 saturated heterocycles. The molecule has 0 unspecified atom stereocenters. The number of nitrogens with zero attached hydrogens (tertiary/aromatic N) is 7. The van der Waals surface area contributed by atoms with Gasteiger partial charge >= 0.3 is 0 Å². The van der Waals surface area contributed by atoms with Gasteiger partial charge in [0.05, 0.1) is 31.0 Å². The highest BCUT2D eigenvalue weighted by Gasteiger charge is 2.09. The van der Waals surface area contributed by atoms with Crippen LogP contribution in [0.4, 0.5) is 5.95 Å². The van der Waals surface area contributed by atoms with E-state index in [4.69, 9.17) is 9.72 Å². The summed E-state index contributed by atoms with van der Waals surface area (Å²) in [6.45, 7) is 1.60. The molecule has 142 valence electrons. The topological polar surface area (TPSA) is 73.9 Å². The van der Waals surface area contributed by atoms with Crippen molar-refractivity contribution in [2.45, 2.75) is 6.54 Å². The molecule has 0 bridgehead atoms. The number of benzene rings is 1. The lowest BCUT2D eigenvalue weighted by molar-refractivity contribution is 0.414. The van der Waals surface area contributed by atoms with Crippen LogP contribution in [0.3, 0.4) is 0 Å². The highest BCUT2D eigenvalue weighted by Crippen LogP contribution is 2.21. The molecule has 28 heavy (non-hydrogen) atoms. The van der Waals surface area contributed by atoms with Crippen LogP contribution in [-0.2, 0) is 6.54 Å². The second-order valence-electron chi connectivity index (χ2n) is 6.34. The Bertz CT molecular complexity index is 1020. The molecular weight excluding hydrogens is 354 g/mol. The van der Waals surface area contributed by atoms with Crippen molar-refractivity contribution in [1.29, 1.82) is 0 Å². The van der Waals surface area contributed by atoms with Gasteiger partial charge in [0, 0.05) is 50.5 Å². The number of rotatable bonds is 7. The minimum absolute atomic E-state index is 0.676. The molecule has 4 rings (SSSR count). The third kappa shape index (κ3) is 3.85. The van der Waals surface area contributed by atoms with Gasteiger partial charge < -0.3 is 14.2 Å². The number of hydrogen-bond acceptors (Lipinski definition) is 6. The van der Waals surface area contributed by atoms with Gasteiger partial charge in [0.1, 0.15) is 5.75 Å². The molecule has 0 spiro atoms. The van der Waals surface area contributed by atoms with Crippen molar-refractivity contribution < 1.29 is 4.74 Å². The standard InChI is InChI=1S/C20H21N7O/c1-25(11-12-26-10-9-21-15-26)20-22-8-7-19(24-20)16-13-23-27(14-16)17-3-5-18(28-2)6-4-17/h3-10,13-15H,11-12H2,1-2H3. The second kappa shape index (κ2) is 7.91. The first kappa shape index (κ1) is 17.7. The Balaban J connectivity index is 1.50. The summed E-state index contributed by atoms with van der Waals surface area (Å²) in [5.41, 5.74) is 2.72. The third-order valence-corrected chi connectivity index (χ3v) is 4.45. The number of imidazole rings is 1. The van der Waals surface area contributed by atoms with Gasteiger partial charge in [0.15, 0.2) is 0 Å². The molecular formula is C20H21N7O. The summed E-state index contributed by atoms with van der Waals surface area (Å²) in [7, 11) is 3.64. The van der Waals surface area contributed by atoms with E-state index in [-0.39, 0.29) is 0 Å². The second-order valence-corrected chi connectivity index (χ2v) is 6.34. The van der Waals surface area contributed by atoms with Crippen molar-refractivity contribution in [3.63, 3.8) is 0 Å². The van der Waals surface area contributed by atoms with Gasteiger partial charge in [-0.25, -0.2) is 19.6 Å². The van der Waals surface area contributed by atoms with E-state index in [2.05, 4.69) is 15.1 Å². The Kier molecular flexibility index (Phi) is 5.01. The summed E-state index contributed by atoms with van der Waals surface area (Å²) < 4.78 is 9.05. The lowest BCUT2D eigenvalue weighted by Crippen LogP contribution is -2.24. The Hall–Kier alpha value is -3.68. The first-order valence-corrected chi connectivity index (χ1v) is 8.92. The number of ether oxygens (including phenoxy) is 1. The average molecular weight is 375 g/mol. The first-order chi connectivity index (χ1) is 13.7. The fourth-order valence-electron chi connectivity index (χ4n) is 2.81. The van der Waals surface area contributed by atoms with Crippen molar-refractivity contribution >= 4 is 5.95 Å². The normalized spacial score (nSPS) is 10.8. The van der Waals surface area contributed by atoms with Gasteiger partial charge in [-0.1, -0.05) is 0 Å². The number of likely N-dealkylation sites (N-methyl/N-ethyl adjacent to an activating group) is 1. The van der Waals surface area contributed by atoms with Crippen LogP contribution in [-0.4, -0.2) is 50.0 Å². The predicted octanol–water partition coefficient (Wildman–Crippen LogP) is 2.67. The lowest BCUT2D eigenvalue weighted by Gasteiger charge is -2.17. The Morgan fingerprint density at radius 1 is 1.11 bits per heavy atom. The van der Waals surface area contributed by atoms with Crippen LogP contribution in [0.5, 0.6) is 5.75 Å². The van der Waals surface area contributed by atoms with E-state index >= 15 is 0 Å². The molecule has 1 aromatic carbocycles. The van der Waals surface area contributed by atoms with Gasteiger partial charge in [0.25, 0.3) is 0 Å². The molecule has 3 heterocycles. The van der Waals surface area contributed by atoms with E-state index in [1.54, 1.807) is 25.8 Å². The van der Waals surface area contributed by atoms with Gasteiger partial charge in [-0.15, -0.1) is 0 Å². The minimum Gasteiger partial charge on any atom is -0.497 e. The Labute approximate surface area is 163 Å². The zero-order valence-electron chi connectivity index (χ0n) is 15.8. The zero-order valence-corrected chi connectivity index (χ0v) is 15.8. The number of anilines is 1.